The molecule has 1 aromatic heterocycles. The molecule has 0 atom stereocenters. The summed E-state index contributed by atoms with van der Waals surface area (Å²) in [6.45, 7) is 0.808. The topological polar surface area (TPSA) is 54.5 Å². The lowest BCUT2D eigenvalue weighted by molar-refractivity contribution is -0.137. The zero-order chi connectivity index (χ0) is 17.2. The van der Waals surface area contributed by atoms with Gasteiger partial charge in [0.1, 0.15) is 11.9 Å². The highest BCUT2D eigenvalue weighted by molar-refractivity contribution is 5.89. The minimum atomic E-state index is -4.39. The summed E-state index contributed by atoms with van der Waals surface area (Å²) in [5.41, 5.74) is -0.445. The van der Waals surface area contributed by atoms with E-state index in [0.717, 1.165) is 12.1 Å². The molecule has 0 aliphatic carbocycles. The molecule has 3 rings (SSSR count). The third kappa shape index (κ3) is 3.76. The van der Waals surface area contributed by atoms with Crippen LogP contribution in [0.25, 0.3) is 0 Å². The van der Waals surface area contributed by atoms with Crippen molar-refractivity contribution in [3.8, 4) is 5.75 Å². The third-order valence-electron chi connectivity index (χ3n) is 3.54. The number of nitrogens with one attached hydrogen (secondary N) is 1. The number of aromatic nitrogens is 1. The Labute approximate surface area is 136 Å². The van der Waals surface area contributed by atoms with Crippen LogP contribution >= 0.6 is 0 Å². The Morgan fingerprint density at radius 1 is 1.21 bits per heavy atom. The highest BCUT2D eigenvalue weighted by Gasteiger charge is 2.33. The van der Waals surface area contributed by atoms with Crippen LogP contribution in [0.1, 0.15) is 5.56 Å². The molecule has 1 aromatic carbocycles. The van der Waals surface area contributed by atoms with E-state index in [0.29, 0.717) is 24.5 Å². The largest absolute Gasteiger partial charge is 0.485 e. The summed E-state index contributed by atoms with van der Waals surface area (Å²) in [6.07, 6.45) is -1.29. The first-order valence-corrected chi connectivity index (χ1v) is 7.22. The molecule has 0 bridgehead atoms. The van der Waals surface area contributed by atoms with E-state index in [4.69, 9.17) is 4.74 Å². The van der Waals surface area contributed by atoms with Crippen LogP contribution in [0.15, 0.2) is 48.8 Å². The molecule has 24 heavy (non-hydrogen) atoms. The van der Waals surface area contributed by atoms with Crippen molar-refractivity contribution in [3.63, 3.8) is 0 Å². The molecule has 2 amide bonds. The number of carbonyl (C=O) groups is 1. The predicted octanol–water partition coefficient (Wildman–Crippen LogP) is 3.40. The summed E-state index contributed by atoms with van der Waals surface area (Å²) >= 11 is 0. The Kier molecular flexibility index (Phi) is 4.28. The zero-order valence-electron chi connectivity index (χ0n) is 12.5. The number of halogens is 3. The Hall–Kier alpha value is -2.77. The molecular weight excluding hydrogens is 323 g/mol. The average Bonchev–Trinajstić information content (AvgIpc) is 2.51. The van der Waals surface area contributed by atoms with E-state index >= 15 is 0 Å². The van der Waals surface area contributed by atoms with Crippen LogP contribution in [0.5, 0.6) is 5.75 Å². The van der Waals surface area contributed by atoms with E-state index in [9.17, 15) is 18.0 Å². The van der Waals surface area contributed by atoms with Gasteiger partial charge in [-0.3, -0.25) is 4.98 Å². The molecule has 0 unspecified atom stereocenters. The van der Waals surface area contributed by atoms with E-state index in [1.165, 1.54) is 17.0 Å². The van der Waals surface area contributed by atoms with Gasteiger partial charge in [-0.1, -0.05) is 0 Å². The highest BCUT2D eigenvalue weighted by atomic mass is 19.4. The number of benzene rings is 1. The number of pyridine rings is 1. The van der Waals surface area contributed by atoms with Gasteiger partial charge in [0.25, 0.3) is 0 Å². The molecule has 0 radical (unpaired) electrons. The van der Waals surface area contributed by atoms with Crippen molar-refractivity contribution in [2.24, 2.45) is 0 Å². The Morgan fingerprint density at radius 2 is 1.92 bits per heavy atom. The number of hydrogen-bond acceptors (Lipinski definition) is 3. The summed E-state index contributed by atoms with van der Waals surface area (Å²) < 4.78 is 43.1. The second-order valence-corrected chi connectivity index (χ2v) is 5.34. The fraction of sp³-hybridized carbons (Fsp3) is 0.250. The smallest absolute Gasteiger partial charge is 0.416 e. The van der Waals surface area contributed by atoms with Gasteiger partial charge in [0, 0.05) is 11.9 Å². The number of rotatable bonds is 3. The number of carbonyl (C=O) groups excluding carboxylic acids is 1. The normalized spacial score (nSPS) is 14.9. The van der Waals surface area contributed by atoms with Crippen molar-refractivity contribution >= 4 is 11.7 Å². The third-order valence-corrected chi connectivity index (χ3v) is 3.54. The van der Waals surface area contributed by atoms with Crippen molar-refractivity contribution in [3.05, 3.63) is 54.4 Å². The lowest BCUT2D eigenvalue weighted by Crippen LogP contribution is -2.57. The Balaban J connectivity index is 1.48. The number of nitrogens with zero attached hydrogens (tertiary/aromatic N) is 2. The van der Waals surface area contributed by atoms with Crippen LogP contribution in [-0.2, 0) is 6.18 Å². The van der Waals surface area contributed by atoms with E-state index in [1.54, 1.807) is 24.5 Å². The van der Waals surface area contributed by atoms with Gasteiger partial charge >= 0.3 is 12.2 Å². The van der Waals surface area contributed by atoms with Crippen LogP contribution in [0.4, 0.5) is 23.7 Å². The number of likely N-dealkylation sites (tertiary alicyclic amines) is 1. The number of urea groups is 1. The zero-order valence-corrected chi connectivity index (χ0v) is 12.5. The van der Waals surface area contributed by atoms with Crippen molar-refractivity contribution in [2.45, 2.75) is 12.3 Å². The van der Waals surface area contributed by atoms with Crippen molar-refractivity contribution in [2.75, 3.05) is 18.4 Å². The number of anilines is 1. The van der Waals surface area contributed by atoms with Crippen LogP contribution in [0.3, 0.4) is 0 Å². The maximum absolute atomic E-state index is 12.5. The number of ether oxygens (including phenoxy) is 1. The average molecular weight is 337 g/mol. The molecule has 126 valence electrons. The molecule has 2 aromatic rings. The Bertz CT molecular complexity index is 699. The lowest BCUT2D eigenvalue weighted by atomic mass is 10.1. The van der Waals surface area contributed by atoms with Crippen LogP contribution in [-0.4, -0.2) is 35.1 Å². The first kappa shape index (κ1) is 16.1. The van der Waals surface area contributed by atoms with Crippen LogP contribution in [0.2, 0.25) is 0 Å². The van der Waals surface area contributed by atoms with Gasteiger partial charge in [-0.25, -0.2) is 4.79 Å². The molecule has 0 spiro atoms. The summed E-state index contributed by atoms with van der Waals surface area (Å²) in [7, 11) is 0. The SMILES string of the molecule is O=C(Nc1ccc(C(F)(F)F)cc1)N1CC(Oc2cccnc2)C1. The first-order chi connectivity index (χ1) is 11.4. The van der Waals surface area contributed by atoms with Crippen molar-refractivity contribution in [1.29, 1.82) is 0 Å². The van der Waals surface area contributed by atoms with Crippen molar-refractivity contribution < 1.29 is 22.7 Å². The second-order valence-electron chi connectivity index (χ2n) is 5.34. The van der Waals surface area contributed by atoms with Crippen molar-refractivity contribution in [1.82, 2.24) is 9.88 Å². The van der Waals surface area contributed by atoms with Gasteiger partial charge in [-0.2, -0.15) is 13.2 Å². The van der Waals surface area contributed by atoms with E-state index < -0.39 is 11.7 Å². The number of alkyl halides is 3. The second kappa shape index (κ2) is 6.38. The molecule has 0 saturated carbocycles. The molecule has 1 saturated heterocycles. The fourth-order valence-corrected chi connectivity index (χ4v) is 2.23. The summed E-state index contributed by atoms with van der Waals surface area (Å²) in [6, 6.07) is 7.47. The molecule has 8 heteroatoms. The molecule has 5 nitrogen and oxygen atoms in total. The lowest BCUT2D eigenvalue weighted by Gasteiger charge is -2.38. The molecular formula is C16H14F3N3O2. The molecule has 1 fully saturated rings. The van der Waals surface area contributed by atoms with Gasteiger partial charge in [-0.05, 0) is 36.4 Å². The van der Waals surface area contributed by atoms with Gasteiger partial charge in [0.05, 0.1) is 24.8 Å². The quantitative estimate of drug-likeness (QED) is 0.934. The number of hydrogen-bond donors (Lipinski definition) is 1. The fourth-order valence-electron chi connectivity index (χ4n) is 2.23. The maximum atomic E-state index is 12.5. The molecule has 1 N–H and O–H groups in total. The number of amides is 2. The Morgan fingerprint density at radius 3 is 2.50 bits per heavy atom. The minimum absolute atomic E-state index is 0.118. The summed E-state index contributed by atoms with van der Waals surface area (Å²) in [5, 5.41) is 2.56. The van der Waals surface area contributed by atoms with Gasteiger partial charge in [0.15, 0.2) is 0 Å². The van der Waals surface area contributed by atoms with Crippen LogP contribution < -0.4 is 10.1 Å². The van der Waals surface area contributed by atoms with E-state index in [-0.39, 0.29) is 12.1 Å². The maximum Gasteiger partial charge on any atom is 0.416 e. The standard InChI is InChI=1S/C16H14F3N3O2/c17-16(18,19)11-3-5-12(6-4-11)21-15(23)22-9-14(10-22)24-13-2-1-7-20-8-13/h1-8,14H,9-10H2,(H,21,23). The summed E-state index contributed by atoms with van der Waals surface area (Å²) in [4.78, 5) is 17.4. The van der Waals surface area contributed by atoms with Gasteiger partial charge in [0.2, 0.25) is 0 Å². The summed E-state index contributed by atoms with van der Waals surface area (Å²) in [5.74, 6) is 0.630. The predicted molar refractivity (Wildman–Crippen MR) is 80.7 cm³/mol. The van der Waals surface area contributed by atoms with E-state index in [2.05, 4.69) is 10.3 Å². The van der Waals surface area contributed by atoms with Gasteiger partial charge in [-0.15, -0.1) is 0 Å². The van der Waals surface area contributed by atoms with Crippen LogP contribution in [0, 0.1) is 0 Å². The molecule has 1 aliphatic rings. The first-order valence-electron chi connectivity index (χ1n) is 7.22. The molecule has 1 aliphatic heterocycles. The minimum Gasteiger partial charge on any atom is -0.485 e. The van der Waals surface area contributed by atoms with E-state index in [1.807, 2.05) is 0 Å². The molecule has 2 heterocycles. The highest BCUT2D eigenvalue weighted by Crippen LogP contribution is 2.30. The van der Waals surface area contributed by atoms with Gasteiger partial charge < -0.3 is 15.0 Å². The monoisotopic (exact) mass is 337 g/mol.